The first-order valence-corrected chi connectivity index (χ1v) is 7.83. The largest absolute Gasteiger partial charge is 0.357 e. The van der Waals surface area contributed by atoms with Crippen molar-refractivity contribution in [2.75, 3.05) is 18.0 Å². The Bertz CT molecular complexity index is 686. The number of hydrogen-bond donors (Lipinski definition) is 1. The van der Waals surface area contributed by atoms with Crippen molar-refractivity contribution < 1.29 is 9.18 Å². The average Bonchev–Trinajstić information content (AvgIpc) is 2.61. The summed E-state index contributed by atoms with van der Waals surface area (Å²) in [6.45, 7) is 2.23. The number of halogens is 1. The van der Waals surface area contributed by atoms with Crippen LogP contribution in [-0.4, -0.2) is 29.0 Å². The molecule has 0 atom stereocenters. The number of hydrogen-bond acceptors (Lipinski definition) is 4. The van der Waals surface area contributed by atoms with Gasteiger partial charge in [0, 0.05) is 24.8 Å². The molecule has 1 amide bonds. The Labute approximate surface area is 134 Å². The summed E-state index contributed by atoms with van der Waals surface area (Å²) in [5.41, 5.74) is 0.289. The molecule has 0 spiro atoms. The van der Waals surface area contributed by atoms with Crippen LogP contribution in [0.25, 0.3) is 0 Å². The van der Waals surface area contributed by atoms with Crippen LogP contribution in [0.5, 0.6) is 0 Å². The maximum Gasteiger partial charge on any atom is 0.251 e. The molecular weight excluding hydrogens is 295 g/mol. The molecule has 1 aliphatic rings. The minimum Gasteiger partial charge on any atom is -0.357 e. The number of carbonyl (C=O) groups is 1. The molecule has 0 saturated carbocycles. The van der Waals surface area contributed by atoms with E-state index < -0.39 is 5.82 Å². The molecule has 0 bridgehead atoms. The average molecular weight is 314 g/mol. The zero-order chi connectivity index (χ0) is 16.1. The number of aromatic nitrogens is 2. The van der Waals surface area contributed by atoms with Crippen molar-refractivity contribution in [1.29, 1.82) is 0 Å². The van der Waals surface area contributed by atoms with Crippen LogP contribution in [0, 0.1) is 5.82 Å². The molecule has 23 heavy (non-hydrogen) atoms. The number of nitrogens with zero attached hydrogens (tertiary/aromatic N) is 3. The molecule has 1 fully saturated rings. The van der Waals surface area contributed by atoms with Gasteiger partial charge < -0.3 is 10.2 Å². The lowest BCUT2D eigenvalue weighted by Gasteiger charge is -2.27. The van der Waals surface area contributed by atoms with Crippen LogP contribution in [-0.2, 0) is 6.54 Å². The number of rotatable bonds is 4. The van der Waals surface area contributed by atoms with Gasteiger partial charge in [-0.1, -0.05) is 6.07 Å². The molecule has 1 aliphatic heterocycles. The van der Waals surface area contributed by atoms with E-state index in [0.29, 0.717) is 5.82 Å². The molecule has 1 aromatic carbocycles. The number of carbonyl (C=O) groups excluding carboxylic acids is 1. The second kappa shape index (κ2) is 7.17. The van der Waals surface area contributed by atoms with Gasteiger partial charge in [-0.2, -0.15) is 0 Å². The van der Waals surface area contributed by atoms with Crippen molar-refractivity contribution in [3.8, 4) is 0 Å². The first-order valence-electron chi connectivity index (χ1n) is 7.83. The van der Waals surface area contributed by atoms with Crippen molar-refractivity contribution in [3.05, 3.63) is 53.7 Å². The zero-order valence-corrected chi connectivity index (χ0v) is 12.8. The highest BCUT2D eigenvalue weighted by molar-refractivity contribution is 5.94. The van der Waals surface area contributed by atoms with Gasteiger partial charge in [-0.25, -0.2) is 14.4 Å². The molecule has 3 rings (SSSR count). The fourth-order valence-electron chi connectivity index (χ4n) is 2.66. The molecule has 1 N–H and O–H groups in total. The summed E-state index contributed by atoms with van der Waals surface area (Å²) >= 11 is 0. The van der Waals surface area contributed by atoms with Crippen molar-refractivity contribution in [1.82, 2.24) is 15.3 Å². The van der Waals surface area contributed by atoms with E-state index >= 15 is 0 Å². The van der Waals surface area contributed by atoms with E-state index in [1.807, 2.05) is 6.07 Å². The third kappa shape index (κ3) is 4.03. The van der Waals surface area contributed by atoms with Crippen molar-refractivity contribution >= 4 is 11.7 Å². The fraction of sp³-hybridized carbons (Fsp3) is 0.353. The minimum atomic E-state index is -0.430. The number of amides is 1. The standard InChI is InChI=1S/C17H19FN4O/c18-14-6-4-5-13(11-14)17(23)20-12-15-19-8-7-16(21-15)22-9-2-1-3-10-22/h4-8,11H,1-3,9-10,12H2,(H,20,23). The van der Waals surface area contributed by atoms with Crippen molar-refractivity contribution in [2.24, 2.45) is 0 Å². The van der Waals surface area contributed by atoms with Crippen molar-refractivity contribution in [2.45, 2.75) is 25.8 Å². The predicted molar refractivity (Wildman–Crippen MR) is 85.7 cm³/mol. The maximum absolute atomic E-state index is 13.1. The normalized spacial score (nSPS) is 14.6. The lowest BCUT2D eigenvalue weighted by Crippen LogP contribution is -2.31. The van der Waals surface area contributed by atoms with Gasteiger partial charge >= 0.3 is 0 Å². The Balaban J connectivity index is 1.63. The highest BCUT2D eigenvalue weighted by Gasteiger charge is 2.13. The summed E-state index contributed by atoms with van der Waals surface area (Å²) in [6.07, 6.45) is 5.32. The number of anilines is 1. The van der Waals surface area contributed by atoms with Gasteiger partial charge in [0.2, 0.25) is 0 Å². The molecule has 0 aliphatic carbocycles. The second-order valence-corrected chi connectivity index (χ2v) is 5.57. The summed E-state index contributed by atoms with van der Waals surface area (Å²) in [5.74, 6) is 0.685. The van der Waals surface area contributed by atoms with Gasteiger partial charge in [0.25, 0.3) is 5.91 Å². The van der Waals surface area contributed by atoms with E-state index in [1.165, 1.54) is 37.5 Å². The van der Waals surface area contributed by atoms with Gasteiger partial charge in [0.05, 0.1) is 6.54 Å². The molecule has 1 saturated heterocycles. The second-order valence-electron chi connectivity index (χ2n) is 5.57. The smallest absolute Gasteiger partial charge is 0.251 e. The molecule has 0 unspecified atom stereocenters. The topological polar surface area (TPSA) is 58.1 Å². The van der Waals surface area contributed by atoms with E-state index in [9.17, 15) is 9.18 Å². The Hall–Kier alpha value is -2.50. The lowest BCUT2D eigenvalue weighted by molar-refractivity contribution is 0.0949. The number of benzene rings is 1. The highest BCUT2D eigenvalue weighted by atomic mass is 19.1. The lowest BCUT2D eigenvalue weighted by atomic mass is 10.1. The quantitative estimate of drug-likeness (QED) is 0.942. The van der Waals surface area contributed by atoms with E-state index in [-0.39, 0.29) is 18.0 Å². The zero-order valence-electron chi connectivity index (χ0n) is 12.8. The van der Waals surface area contributed by atoms with Crippen LogP contribution in [0.3, 0.4) is 0 Å². The van der Waals surface area contributed by atoms with Gasteiger partial charge in [0.1, 0.15) is 17.5 Å². The molecule has 2 heterocycles. The van der Waals surface area contributed by atoms with Crippen LogP contribution >= 0.6 is 0 Å². The van der Waals surface area contributed by atoms with E-state index in [4.69, 9.17) is 0 Å². The Morgan fingerprint density at radius 1 is 1.22 bits per heavy atom. The molecule has 6 heteroatoms. The third-order valence-corrected chi connectivity index (χ3v) is 3.86. The van der Waals surface area contributed by atoms with Crippen LogP contribution in [0.15, 0.2) is 36.5 Å². The van der Waals surface area contributed by atoms with Gasteiger partial charge in [0.15, 0.2) is 0 Å². The summed E-state index contributed by atoms with van der Waals surface area (Å²) < 4.78 is 13.1. The molecule has 2 aromatic rings. The monoisotopic (exact) mass is 314 g/mol. The SMILES string of the molecule is O=C(NCc1nccc(N2CCCCC2)n1)c1cccc(F)c1. The molecule has 120 valence electrons. The van der Waals surface area contributed by atoms with Crippen LogP contribution in [0.1, 0.15) is 35.4 Å². The minimum absolute atomic E-state index is 0.219. The maximum atomic E-state index is 13.1. The summed E-state index contributed by atoms with van der Waals surface area (Å²) in [4.78, 5) is 22.9. The first-order chi connectivity index (χ1) is 11.2. The summed E-state index contributed by atoms with van der Waals surface area (Å²) in [7, 11) is 0. The van der Waals surface area contributed by atoms with E-state index in [0.717, 1.165) is 18.9 Å². The molecular formula is C17H19FN4O. The predicted octanol–water partition coefficient (Wildman–Crippen LogP) is 2.54. The van der Waals surface area contributed by atoms with Crippen LogP contribution in [0.4, 0.5) is 10.2 Å². The summed E-state index contributed by atoms with van der Waals surface area (Å²) in [6, 6.07) is 7.49. The third-order valence-electron chi connectivity index (χ3n) is 3.86. The number of nitrogens with one attached hydrogen (secondary N) is 1. The molecule has 0 radical (unpaired) electrons. The van der Waals surface area contributed by atoms with Gasteiger partial charge in [-0.15, -0.1) is 0 Å². The molecule has 1 aromatic heterocycles. The summed E-state index contributed by atoms with van der Waals surface area (Å²) in [5, 5.41) is 2.72. The van der Waals surface area contributed by atoms with Crippen molar-refractivity contribution in [3.63, 3.8) is 0 Å². The Morgan fingerprint density at radius 3 is 2.83 bits per heavy atom. The Morgan fingerprint density at radius 2 is 2.04 bits per heavy atom. The fourth-order valence-corrected chi connectivity index (χ4v) is 2.66. The van der Waals surface area contributed by atoms with Crippen LogP contribution in [0.2, 0.25) is 0 Å². The van der Waals surface area contributed by atoms with E-state index in [1.54, 1.807) is 12.3 Å². The number of piperidine rings is 1. The molecule has 5 nitrogen and oxygen atoms in total. The van der Waals surface area contributed by atoms with Gasteiger partial charge in [-0.05, 0) is 43.5 Å². The van der Waals surface area contributed by atoms with Crippen LogP contribution < -0.4 is 10.2 Å². The van der Waals surface area contributed by atoms with Gasteiger partial charge in [-0.3, -0.25) is 4.79 Å². The Kier molecular flexibility index (Phi) is 4.80. The first kappa shape index (κ1) is 15.4. The van der Waals surface area contributed by atoms with E-state index in [2.05, 4.69) is 20.2 Å². The highest BCUT2D eigenvalue weighted by Crippen LogP contribution is 2.16.